The number of hydrogen-bond acceptors (Lipinski definition) is 7. The number of halogens is 5. The van der Waals surface area contributed by atoms with Crippen molar-refractivity contribution in [2.75, 3.05) is 36.6 Å². The van der Waals surface area contributed by atoms with Crippen LogP contribution in [0, 0.1) is 11.6 Å². The average molecular weight is 613 g/mol. The Balaban J connectivity index is 1.81. The molecule has 1 amide bonds. The van der Waals surface area contributed by atoms with Crippen LogP contribution in [-0.4, -0.2) is 69.5 Å². The van der Waals surface area contributed by atoms with E-state index in [1.165, 1.54) is 17.8 Å². The molecule has 3 aromatic rings. The second kappa shape index (κ2) is 10.8. The molecular formula is C27H29F5N6O3S. The number of rotatable bonds is 4. The fourth-order valence-corrected chi connectivity index (χ4v) is 8.38. The van der Waals surface area contributed by atoms with Crippen LogP contribution < -0.4 is 16.3 Å². The highest BCUT2D eigenvalue weighted by Crippen LogP contribution is 2.52. The number of hydrogen-bond donors (Lipinski definition) is 2. The molecule has 1 aromatic carbocycles. The maximum Gasteiger partial charge on any atom is 0.416 e. The van der Waals surface area contributed by atoms with Gasteiger partial charge in [0, 0.05) is 54.4 Å². The molecular weight excluding hydrogens is 583 g/mol. The number of thiol groups is 1. The number of amides is 1. The summed E-state index contributed by atoms with van der Waals surface area (Å²) >= 11 is 0. The summed E-state index contributed by atoms with van der Waals surface area (Å²) in [7, 11) is -0.692. The predicted molar refractivity (Wildman–Crippen MR) is 149 cm³/mol. The average Bonchev–Trinajstić information content (AvgIpc) is 3.09. The van der Waals surface area contributed by atoms with Gasteiger partial charge in [-0.25, -0.2) is 18.6 Å². The molecule has 9 nitrogen and oxygen atoms in total. The van der Waals surface area contributed by atoms with Crippen molar-refractivity contribution < 1.29 is 31.5 Å². The zero-order valence-corrected chi connectivity index (χ0v) is 23.8. The summed E-state index contributed by atoms with van der Waals surface area (Å²) in [6.45, 7) is 7.40. The standard InChI is InChI=1S/C27H29F5N6O3S/c1-5-21(39)38-13(2)9-36(10-14(38)3)24-17-6-15(27(30,31)32)7-20-22(17)37(26(40)35-24)11-16(41-4)12-42(20)25-19(29)8-18(28)23(33)34-25/h5-8,13-14,16,42H,1,9-12H2,2-4H3,(H2,33,34)/t13-,14+,16-/m0/s1. The number of nitrogen functional groups attached to an aromatic ring is 1. The Morgan fingerprint density at radius 1 is 1.12 bits per heavy atom. The van der Waals surface area contributed by atoms with Crippen molar-refractivity contribution in [1.82, 2.24) is 19.4 Å². The van der Waals surface area contributed by atoms with E-state index in [1.807, 2.05) is 0 Å². The fraction of sp³-hybridized carbons (Fsp3) is 0.407. The molecule has 0 spiro atoms. The highest BCUT2D eigenvalue weighted by atomic mass is 32.2. The van der Waals surface area contributed by atoms with Gasteiger partial charge < -0.3 is 20.3 Å². The van der Waals surface area contributed by atoms with Crippen molar-refractivity contribution in [2.24, 2.45) is 0 Å². The third-order valence-corrected chi connectivity index (χ3v) is 10.1. The van der Waals surface area contributed by atoms with Crippen LogP contribution in [0.5, 0.6) is 0 Å². The Morgan fingerprint density at radius 2 is 1.79 bits per heavy atom. The molecule has 226 valence electrons. The van der Waals surface area contributed by atoms with Crippen LogP contribution in [0.2, 0.25) is 0 Å². The number of methoxy groups -OCH3 is 1. The zero-order chi connectivity index (χ0) is 30.7. The van der Waals surface area contributed by atoms with E-state index in [2.05, 4.69) is 16.5 Å². The van der Waals surface area contributed by atoms with Crippen molar-refractivity contribution in [3.63, 3.8) is 0 Å². The number of ether oxygens (including phenoxy) is 1. The normalized spacial score (nSPS) is 23.6. The molecule has 2 N–H and O–H groups in total. The van der Waals surface area contributed by atoms with Crippen LogP contribution in [0.15, 0.2) is 45.6 Å². The van der Waals surface area contributed by atoms with Crippen molar-refractivity contribution in [3.8, 4) is 0 Å². The molecule has 5 rings (SSSR count). The number of carbonyl (C=O) groups is 1. The summed E-state index contributed by atoms with van der Waals surface area (Å²) in [6, 6.07) is 1.61. The van der Waals surface area contributed by atoms with Crippen LogP contribution >= 0.6 is 10.9 Å². The molecule has 42 heavy (non-hydrogen) atoms. The number of piperazine rings is 1. The highest BCUT2D eigenvalue weighted by Gasteiger charge is 2.38. The van der Waals surface area contributed by atoms with Gasteiger partial charge in [-0.3, -0.25) is 9.36 Å². The number of alkyl halides is 3. The van der Waals surface area contributed by atoms with Gasteiger partial charge in [-0.1, -0.05) is 6.58 Å². The SMILES string of the molecule is C=CC(=O)N1[C@H](C)CN(c2nc(=O)n3c4c(cc(C(F)(F)F)cc24)[SH](c2nc(N)c(F)cc2F)C[C@@H](OC)C3)C[C@@H]1C. The minimum absolute atomic E-state index is 0.00982. The minimum Gasteiger partial charge on any atom is -0.381 e. The molecule has 2 aliphatic heterocycles. The monoisotopic (exact) mass is 612 g/mol. The second-order valence-corrected chi connectivity index (χ2v) is 12.5. The van der Waals surface area contributed by atoms with Gasteiger partial charge in [0.05, 0.1) is 23.7 Å². The molecule has 1 fully saturated rings. The second-order valence-electron chi connectivity index (χ2n) is 10.4. The number of nitrogens with two attached hydrogens (primary N) is 1. The van der Waals surface area contributed by atoms with Gasteiger partial charge in [0.15, 0.2) is 17.5 Å². The summed E-state index contributed by atoms with van der Waals surface area (Å²) < 4.78 is 79.1. The first-order valence-electron chi connectivity index (χ1n) is 13.0. The number of carbonyl (C=O) groups excluding carboxylic acids is 1. The van der Waals surface area contributed by atoms with Gasteiger partial charge in [-0.2, -0.15) is 29.1 Å². The van der Waals surface area contributed by atoms with E-state index < -0.39 is 51.9 Å². The van der Waals surface area contributed by atoms with Crippen molar-refractivity contribution in [2.45, 2.75) is 54.7 Å². The summed E-state index contributed by atoms with van der Waals surface area (Å²) in [4.78, 5) is 37.4. The molecule has 2 aliphatic rings. The van der Waals surface area contributed by atoms with Gasteiger partial charge in [0.2, 0.25) is 5.91 Å². The maximum atomic E-state index is 15.2. The Kier molecular flexibility index (Phi) is 7.68. The van der Waals surface area contributed by atoms with Crippen molar-refractivity contribution in [1.29, 1.82) is 0 Å². The Hall–Kier alpha value is -3.72. The predicted octanol–water partition coefficient (Wildman–Crippen LogP) is 3.73. The number of pyridine rings is 1. The molecule has 2 aromatic heterocycles. The van der Waals surface area contributed by atoms with E-state index in [0.717, 1.165) is 12.1 Å². The molecule has 4 heterocycles. The molecule has 0 radical (unpaired) electrons. The lowest BCUT2D eigenvalue weighted by molar-refractivity contribution is -0.137. The van der Waals surface area contributed by atoms with E-state index in [-0.39, 0.29) is 70.0 Å². The number of aromatic nitrogens is 3. The summed E-state index contributed by atoms with van der Waals surface area (Å²) in [5.74, 6) is -3.05. The number of anilines is 2. The van der Waals surface area contributed by atoms with Gasteiger partial charge in [0.25, 0.3) is 0 Å². The molecule has 1 saturated heterocycles. The van der Waals surface area contributed by atoms with Crippen molar-refractivity contribution >= 4 is 39.3 Å². The smallest absolute Gasteiger partial charge is 0.381 e. The zero-order valence-electron chi connectivity index (χ0n) is 23.0. The maximum absolute atomic E-state index is 15.2. The largest absolute Gasteiger partial charge is 0.416 e. The van der Waals surface area contributed by atoms with Crippen LogP contribution in [0.4, 0.5) is 33.6 Å². The first kappa shape index (κ1) is 29.8. The van der Waals surface area contributed by atoms with Gasteiger partial charge in [0.1, 0.15) is 10.8 Å². The van der Waals surface area contributed by atoms with Crippen LogP contribution in [-0.2, 0) is 22.3 Å². The lowest BCUT2D eigenvalue weighted by atomic mass is 10.1. The fourth-order valence-electron chi connectivity index (χ4n) is 5.77. The van der Waals surface area contributed by atoms with E-state index in [1.54, 1.807) is 23.6 Å². The van der Waals surface area contributed by atoms with E-state index in [0.29, 0.717) is 6.07 Å². The molecule has 1 unspecified atom stereocenters. The third-order valence-electron chi connectivity index (χ3n) is 7.60. The van der Waals surface area contributed by atoms with Gasteiger partial charge in [-0.05, 0) is 32.1 Å². The number of benzene rings is 1. The first-order chi connectivity index (χ1) is 19.7. The van der Waals surface area contributed by atoms with Crippen molar-refractivity contribution in [3.05, 3.63) is 58.5 Å². The quantitative estimate of drug-likeness (QED) is 0.263. The van der Waals surface area contributed by atoms with Crippen LogP contribution in [0.1, 0.15) is 19.4 Å². The minimum atomic E-state index is -4.81. The van der Waals surface area contributed by atoms with Crippen LogP contribution in [0.25, 0.3) is 10.9 Å². The molecule has 0 aliphatic carbocycles. The number of nitrogens with zero attached hydrogens (tertiary/aromatic N) is 5. The van der Waals surface area contributed by atoms with E-state index >= 15 is 4.39 Å². The lowest BCUT2D eigenvalue weighted by Gasteiger charge is -2.44. The molecule has 0 bridgehead atoms. The topological polar surface area (TPSA) is 107 Å². The molecule has 15 heteroatoms. The van der Waals surface area contributed by atoms with Crippen LogP contribution in [0.3, 0.4) is 0 Å². The summed E-state index contributed by atoms with van der Waals surface area (Å²) in [6.07, 6.45) is -4.34. The Bertz CT molecular complexity index is 1640. The molecule has 4 atom stereocenters. The van der Waals surface area contributed by atoms with Gasteiger partial charge >= 0.3 is 11.9 Å². The first-order valence-corrected chi connectivity index (χ1v) is 14.5. The summed E-state index contributed by atoms with van der Waals surface area (Å²) in [5.41, 5.74) is 4.03. The third kappa shape index (κ3) is 5.08. The van der Waals surface area contributed by atoms with E-state index in [4.69, 9.17) is 10.5 Å². The Morgan fingerprint density at radius 3 is 2.38 bits per heavy atom. The van der Waals surface area contributed by atoms with E-state index in [9.17, 15) is 27.2 Å². The lowest BCUT2D eigenvalue weighted by Crippen LogP contribution is -2.58. The highest BCUT2D eigenvalue weighted by molar-refractivity contribution is 8.17. The van der Waals surface area contributed by atoms with Gasteiger partial charge in [-0.15, -0.1) is 0 Å². The Labute approximate surface area is 240 Å². The molecule has 0 saturated carbocycles. The summed E-state index contributed by atoms with van der Waals surface area (Å²) in [5, 5.41) is -0.272.